The molecule has 0 unspecified atom stereocenters. The van der Waals surface area contributed by atoms with Gasteiger partial charge in [0.25, 0.3) is 0 Å². The fourth-order valence-electron chi connectivity index (χ4n) is 1.33. The molecule has 3 heteroatoms. The summed E-state index contributed by atoms with van der Waals surface area (Å²) in [5.74, 6) is 1.49. The number of nitrogens with two attached hydrogens (primary N) is 1. The molecule has 0 fully saturated rings. The highest BCUT2D eigenvalue weighted by Crippen LogP contribution is 2.17. The molecule has 0 aliphatic heterocycles. The van der Waals surface area contributed by atoms with E-state index in [1.165, 1.54) is 25.7 Å². The lowest BCUT2D eigenvalue weighted by atomic mass is 10.1. The molecule has 13 heavy (non-hydrogen) atoms. The van der Waals surface area contributed by atoms with E-state index in [0.717, 1.165) is 17.7 Å². The van der Waals surface area contributed by atoms with E-state index in [-0.39, 0.29) is 0 Å². The van der Waals surface area contributed by atoms with E-state index >= 15 is 0 Å². The van der Waals surface area contributed by atoms with Crippen molar-refractivity contribution >= 4 is 5.82 Å². The number of nitrogen functional groups attached to an aromatic ring is 1. The summed E-state index contributed by atoms with van der Waals surface area (Å²) in [6.45, 7) is 4.17. The summed E-state index contributed by atoms with van der Waals surface area (Å²) in [5, 5.41) is 3.72. The van der Waals surface area contributed by atoms with Crippen LogP contribution in [0.3, 0.4) is 0 Å². The molecule has 0 aromatic carbocycles. The number of unbranched alkanes of at least 4 members (excludes halogenated alkanes) is 3. The monoisotopic (exact) mass is 182 g/mol. The maximum absolute atomic E-state index is 5.57. The largest absolute Gasteiger partial charge is 0.381 e. The summed E-state index contributed by atoms with van der Waals surface area (Å²) in [6, 6.07) is 0. The summed E-state index contributed by atoms with van der Waals surface area (Å²) in [4.78, 5) is 0. The van der Waals surface area contributed by atoms with Crippen LogP contribution in [-0.4, -0.2) is 5.16 Å². The van der Waals surface area contributed by atoms with Crippen molar-refractivity contribution in [3.63, 3.8) is 0 Å². The lowest BCUT2D eigenvalue weighted by Crippen LogP contribution is -1.89. The van der Waals surface area contributed by atoms with Crippen molar-refractivity contribution in [2.45, 2.75) is 46.0 Å². The molecule has 0 radical (unpaired) electrons. The number of rotatable bonds is 5. The minimum atomic E-state index is 0.533. The summed E-state index contributed by atoms with van der Waals surface area (Å²) < 4.78 is 5.10. The zero-order chi connectivity index (χ0) is 9.68. The molecule has 0 amide bonds. The van der Waals surface area contributed by atoms with Crippen LogP contribution in [-0.2, 0) is 6.42 Å². The number of hydrogen-bond acceptors (Lipinski definition) is 3. The highest BCUT2D eigenvalue weighted by Gasteiger charge is 2.07. The molecule has 1 heterocycles. The Bertz CT molecular complexity index is 255. The van der Waals surface area contributed by atoms with Crippen LogP contribution in [0.5, 0.6) is 0 Å². The van der Waals surface area contributed by atoms with E-state index in [0.29, 0.717) is 5.82 Å². The third-order valence-corrected chi connectivity index (χ3v) is 2.31. The Morgan fingerprint density at radius 2 is 2.08 bits per heavy atom. The van der Waals surface area contributed by atoms with Crippen LogP contribution < -0.4 is 5.73 Å². The quantitative estimate of drug-likeness (QED) is 0.712. The Kier molecular flexibility index (Phi) is 3.80. The number of anilines is 1. The van der Waals surface area contributed by atoms with Crippen molar-refractivity contribution < 1.29 is 4.52 Å². The van der Waals surface area contributed by atoms with Crippen molar-refractivity contribution in [2.24, 2.45) is 0 Å². The highest BCUT2D eigenvalue weighted by molar-refractivity contribution is 5.38. The van der Waals surface area contributed by atoms with E-state index in [9.17, 15) is 0 Å². The number of aromatic nitrogens is 1. The van der Waals surface area contributed by atoms with Gasteiger partial charge in [-0.2, -0.15) is 0 Å². The molecule has 0 aliphatic rings. The highest BCUT2D eigenvalue weighted by atomic mass is 16.5. The van der Waals surface area contributed by atoms with Crippen molar-refractivity contribution in [2.75, 3.05) is 5.73 Å². The van der Waals surface area contributed by atoms with Gasteiger partial charge >= 0.3 is 0 Å². The maximum Gasteiger partial charge on any atom is 0.169 e. The molecule has 0 atom stereocenters. The molecule has 3 nitrogen and oxygen atoms in total. The van der Waals surface area contributed by atoms with Crippen LogP contribution >= 0.6 is 0 Å². The Hall–Kier alpha value is -0.990. The van der Waals surface area contributed by atoms with Gasteiger partial charge in [-0.05, 0) is 13.3 Å². The van der Waals surface area contributed by atoms with Gasteiger partial charge < -0.3 is 10.3 Å². The minimum Gasteiger partial charge on any atom is -0.381 e. The van der Waals surface area contributed by atoms with Gasteiger partial charge in [0.2, 0.25) is 0 Å². The fourth-order valence-corrected chi connectivity index (χ4v) is 1.33. The molecule has 0 spiro atoms. The zero-order valence-electron chi connectivity index (χ0n) is 8.47. The summed E-state index contributed by atoms with van der Waals surface area (Å²) in [5.41, 5.74) is 6.58. The van der Waals surface area contributed by atoms with E-state index < -0.39 is 0 Å². The van der Waals surface area contributed by atoms with Crippen LogP contribution in [0.15, 0.2) is 4.52 Å². The van der Waals surface area contributed by atoms with Crippen LogP contribution in [0, 0.1) is 6.92 Å². The fraction of sp³-hybridized carbons (Fsp3) is 0.700. The maximum atomic E-state index is 5.57. The number of hydrogen-bond donors (Lipinski definition) is 1. The summed E-state index contributed by atoms with van der Waals surface area (Å²) in [7, 11) is 0. The van der Waals surface area contributed by atoms with Crippen molar-refractivity contribution in [3.05, 3.63) is 11.3 Å². The standard InChI is InChI=1S/C10H18N2O/c1-3-4-5-6-7-9-8(2)10(11)12-13-9/h3-7H2,1-2H3,(H2,11,12). The first kappa shape index (κ1) is 10.1. The lowest BCUT2D eigenvalue weighted by Gasteiger charge is -1.96. The lowest BCUT2D eigenvalue weighted by molar-refractivity contribution is 0.380. The normalized spacial score (nSPS) is 10.6. The molecular weight excluding hydrogens is 164 g/mol. The van der Waals surface area contributed by atoms with Crippen molar-refractivity contribution in [1.82, 2.24) is 5.16 Å². The Morgan fingerprint density at radius 3 is 2.62 bits per heavy atom. The number of nitrogens with zero attached hydrogens (tertiary/aromatic N) is 1. The van der Waals surface area contributed by atoms with Gasteiger partial charge in [-0.15, -0.1) is 0 Å². The average Bonchev–Trinajstić information content (AvgIpc) is 2.43. The Balaban J connectivity index is 2.32. The Labute approximate surface area is 79.3 Å². The summed E-state index contributed by atoms with van der Waals surface area (Å²) in [6.07, 6.45) is 5.95. The predicted molar refractivity (Wildman–Crippen MR) is 53.5 cm³/mol. The first-order valence-electron chi connectivity index (χ1n) is 4.96. The molecule has 0 bridgehead atoms. The smallest absolute Gasteiger partial charge is 0.169 e. The van der Waals surface area contributed by atoms with Crippen LogP contribution in [0.4, 0.5) is 5.82 Å². The third-order valence-electron chi connectivity index (χ3n) is 2.31. The molecule has 0 aliphatic carbocycles. The van der Waals surface area contributed by atoms with Gasteiger partial charge in [0.15, 0.2) is 5.82 Å². The molecule has 0 saturated carbocycles. The van der Waals surface area contributed by atoms with Crippen LogP contribution in [0.25, 0.3) is 0 Å². The molecule has 1 rings (SSSR count). The molecule has 2 N–H and O–H groups in total. The van der Waals surface area contributed by atoms with E-state index in [1.54, 1.807) is 0 Å². The third kappa shape index (κ3) is 2.76. The minimum absolute atomic E-state index is 0.533. The predicted octanol–water partition coefficient (Wildman–Crippen LogP) is 2.69. The van der Waals surface area contributed by atoms with Gasteiger partial charge in [-0.1, -0.05) is 31.3 Å². The first-order chi connectivity index (χ1) is 6.25. The molecule has 1 aromatic heterocycles. The van der Waals surface area contributed by atoms with Crippen molar-refractivity contribution in [3.8, 4) is 0 Å². The first-order valence-corrected chi connectivity index (χ1v) is 4.96. The average molecular weight is 182 g/mol. The van der Waals surface area contributed by atoms with Gasteiger partial charge in [-0.25, -0.2) is 0 Å². The molecular formula is C10H18N2O. The van der Waals surface area contributed by atoms with Crippen LogP contribution in [0.2, 0.25) is 0 Å². The molecule has 1 aromatic rings. The second-order valence-corrected chi connectivity index (χ2v) is 3.43. The van der Waals surface area contributed by atoms with Crippen molar-refractivity contribution in [1.29, 1.82) is 0 Å². The Morgan fingerprint density at radius 1 is 1.31 bits per heavy atom. The molecule has 74 valence electrons. The second kappa shape index (κ2) is 4.90. The summed E-state index contributed by atoms with van der Waals surface area (Å²) >= 11 is 0. The second-order valence-electron chi connectivity index (χ2n) is 3.43. The topological polar surface area (TPSA) is 52.0 Å². The van der Waals surface area contributed by atoms with E-state index in [1.807, 2.05) is 6.92 Å². The molecule has 0 saturated heterocycles. The van der Waals surface area contributed by atoms with Gasteiger partial charge in [0.05, 0.1) is 0 Å². The van der Waals surface area contributed by atoms with E-state index in [2.05, 4.69) is 12.1 Å². The van der Waals surface area contributed by atoms with Crippen LogP contribution in [0.1, 0.15) is 43.9 Å². The SMILES string of the molecule is CCCCCCc1onc(N)c1C. The van der Waals surface area contributed by atoms with Gasteiger partial charge in [0.1, 0.15) is 5.76 Å². The zero-order valence-corrected chi connectivity index (χ0v) is 8.47. The number of aryl methyl sites for hydroxylation is 1. The van der Waals surface area contributed by atoms with Gasteiger partial charge in [-0.3, -0.25) is 0 Å². The van der Waals surface area contributed by atoms with E-state index in [4.69, 9.17) is 10.3 Å². The van der Waals surface area contributed by atoms with Gasteiger partial charge in [0, 0.05) is 12.0 Å².